The summed E-state index contributed by atoms with van der Waals surface area (Å²) in [4.78, 5) is 44.4. The molecule has 3 rings (SSSR count). The molecule has 0 radical (unpaired) electrons. The van der Waals surface area contributed by atoms with E-state index in [9.17, 15) is 14.4 Å². The minimum absolute atomic E-state index is 0.0863. The molecule has 2 amide bonds. The van der Waals surface area contributed by atoms with Crippen molar-refractivity contribution >= 4 is 17.8 Å². The van der Waals surface area contributed by atoms with Crippen molar-refractivity contribution in [1.82, 2.24) is 14.7 Å². The monoisotopic (exact) mass is 471 g/mol. The molecule has 0 bridgehead atoms. The third-order valence-corrected chi connectivity index (χ3v) is 7.21. The highest BCUT2D eigenvalue weighted by molar-refractivity contribution is 5.81. The van der Waals surface area contributed by atoms with Crippen LogP contribution in [0.2, 0.25) is 0 Å². The van der Waals surface area contributed by atoms with Crippen molar-refractivity contribution in [2.75, 3.05) is 45.9 Å². The van der Waals surface area contributed by atoms with Gasteiger partial charge in [0.2, 0.25) is 11.8 Å². The molecular weight excluding hydrogens is 430 g/mol. The third kappa shape index (κ3) is 7.55. The Kier molecular flexibility index (Phi) is 10.4. The van der Waals surface area contributed by atoms with Gasteiger partial charge < -0.3 is 14.5 Å². The summed E-state index contributed by atoms with van der Waals surface area (Å²) >= 11 is 0. The van der Waals surface area contributed by atoms with E-state index in [0.29, 0.717) is 58.1 Å². The number of nitrogens with zero attached hydrogens (tertiary/aromatic N) is 3. The van der Waals surface area contributed by atoms with E-state index in [1.807, 2.05) is 40.1 Å². The summed E-state index contributed by atoms with van der Waals surface area (Å²) in [5, 5.41) is 0. The molecule has 2 aliphatic heterocycles. The summed E-state index contributed by atoms with van der Waals surface area (Å²) in [6, 6.07) is 10.4. The van der Waals surface area contributed by atoms with Gasteiger partial charge in [-0.3, -0.25) is 19.3 Å². The molecule has 1 atom stereocenters. The lowest BCUT2D eigenvalue weighted by Gasteiger charge is -2.36. The highest BCUT2D eigenvalue weighted by atomic mass is 16.5. The van der Waals surface area contributed by atoms with Gasteiger partial charge in [-0.05, 0) is 57.7 Å². The number of carbonyl (C=O) groups excluding carboxylic acids is 3. The van der Waals surface area contributed by atoms with E-state index in [-0.39, 0.29) is 30.1 Å². The first-order chi connectivity index (χ1) is 16.5. The largest absolute Gasteiger partial charge is 0.466 e. The fraction of sp³-hybridized carbons (Fsp3) is 0.667. The summed E-state index contributed by atoms with van der Waals surface area (Å²) < 4.78 is 5.09. The summed E-state index contributed by atoms with van der Waals surface area (Å²) in [5.74, 6) is -0.0446. The average Bonchev–Trinajstić information content (AvgIpc) is 3.32. The molecule has 0 aromatic heterocycles. The van der Waals surface area contributed by atoms with Gasteiger partial charge in [-0.1, -0.05) is 37.3 Å². The van der Waals surface area contributed by atoms with Crippen LogP contribution in [0.15, 0.2) is 30.3 Å². The van der Waals surface area contributed by atoms with Crippen LogP contribution < -0.4 is 0 Å². The van der Waals surface area contributed by atoms with Gasteiger partial charge in [-0.2, -0.15) is 0 Å². The second kappa shape index (κ2) is 13.5. The van der Waals surface area contributed by atoms with Crippen LogP contribution >= 0.6 is 0 Å². The molecule has 0 saturated carbocycles. The van der Waals surface area contributed by atoms with Crippen LogP contribution in [0.3, 0.4) is 0 Å². The lowest BCUT2D eigenvalue weighted by Crippen LogP contribution is -2.48. The van der Waals surface area contributed by atoms with Gasteiger partial charge in [0.1, 0.15) is 0 Å². The third-order valence-electron chi connectivity index (χ3n) is 7.21. The number of piperidine rings is 1. The quantitative estimate of drug-likeness (QED) is 0.464. The van der Waals surface area contributed by atoms with Crippen LogP contribution in [0, 0.1) is 5.92 Å². The lowest BCUT2D eigenvalue weighted by atomic mass is 9.94. The Labute approximate surface area is 204 Å². The highest BCUT2D eigenvalue weighted by Crippen LogP contribution is 2.23. The molecule has 1 aromatic carbocycles. The smallest absolute Gasteiger partial charge is 0.307 e. The standard InChI is InChI=1S/C27H41N3O4/c1-3-28-17-8-11-24(28)21-30(20-16-26(32)34-4-2)27(33)23-14-18-29(19-15-23)25(31)13-12-22-9-6-5-7-10-22/h5-7,9-10,23-24H,3-4,8,11-21H2,1-2H3. The van der Waals surface area contributed by atoms with E-state index < -0.39 is 0 Å². The number of esters is 1. The molecule has 2 fully saturated rings. The van der Waals surface area contributed by atoms with E-state index in [1.54, 1.807) is 6.92 Å². The summed E-state index contributed by atoms with van der Waals surface area (Å²) in [6.07, 6.45) is 5.10. The maximum absolute atomic E-state index is 13.5. The Morgan fingerprint density at radius 3 is 2.41 bits per heavy atom. The molecular formula is C27H41N3O4. The molecule has 2 saturated heterocycles. The van der Waals surface area contributed by atoms with Crippen molar-refractivity contribution in [3.8, 4) is 0 Å². The molecule has 1 unspecified atom stereocenters. The topological polar surface area (TPSA) is 70.2 Å². The molecule has 2 heterocycles. The van der Waals surface area contributed by atoms with Crippen LogP contribution in [0.1, 0.15) is 57.9 Å². The Hall–Kier alpha value is -2.41. The fourth-order valence-electron chi connectivity index (χ4n) is 5.21. The minimum atomic E-state index is -0.252. The number of hydrogen-bond acceptors (Lipinski definition) is 5. The van der Waals surface area contributed by atoms with E-state index in [2.05, 4.69) is 11.8 Å². The zero-order chi connectivity index (χ0) is 24.3. The zero-order valence-corrected chi connectivity index (χ0v) is 20.9. The molecule has 0 N–H and O–H groups in total. The maximum Gasteiger partial charge on any atom is 0.307 e. The normalized spacial score (nSPS) is 19.2. The second-order valence-electron chi connectivity index (χ2n) is 9.40. The van der Waals surface area contributed by atoms with Crippen LogP contribution in [0.5, 0.6) is 0 Å². The number of carbonyl (C=O) groups is 3. The van der Waals surface area contributed by atoms with E-state index in [0.717, 1.165) is 32.4 Å². The minimum Gasteiger partial charge on any atom is -0.466 e. The Balaban J connectivity index is 1.52. The maximum atomic E-state index is 13.5. The fourth-order valence-corrected chi connectivity index (χ4v) is 5.21. The Morgan fingerprint density at radius 2 is 1.74 bits per heavy atom. The summed E-state index contributed by atoms with van der Waals surface area (Å²) in [5.41, 5.74) is 1.17. The molecule has 1 aromatic rings. The van der Waals surface area contributed by atoms with Crippen LogP contribution in [-0.4, -0.2) is 84.4 Å². The van der Waals surface area contributed by atoms with E-state index in [1.165, 1.54) is 5.56 Å². The molecule has 7 nitrogen and oxygen atoms in total. The first-order valence-corrected chi connectivity index (χ1v) is 13.0. The van der Waals surface area contributed by atoms with Crippen LogP contribution in [0.25, 0.3) is 0 Å². The van der Waals surface area contributed by atoms with Crippen molar-refractivity contribution in [2.45, 2.75) is 64.8 Å². The van der Waals surface area contributed by atoms with Crippen molar-refractivity contribution in [2.24, 2.45) is 5.92 Å². The van der Waals surface area contributed by atoms with Gasteiger partial charge >= 0.3 is 5.97 Å². The second-order valence-corrected chi connectivity index (χ2v) is 9.40. The molecule has 34 heavy (non-hydrogen) atoms. The highest BCUT2D eigenvalue weighted by Gasteiger charge is 2.33. The number of rotatable bonds is 11. The number of benzene rings is 1. The number of likely N-dealkylation sites (tertiary alicyclic amines) is 2. The van der Waals surface area contributed by atoms with Gasteiger partial charge in [0.25, 0.3) is 0 Å². The van der Waals surface area contributed by atoms with E-state index >= 15 is 0 Å². The number of aryl methyl sites for hydroxylation is 1. The molecule has 2 aliphatic rings. The summed E-state index contributed by atoms with van der Waals surface area (Å²) in [6.45, 7) is 8.69. The van der Waals surface area contributed by atoms with Crippen molar-refractivity contribution < 1.29 is 19.1 Å². The van der Waals surface area contributed by atoms with Crippen LogP contribution in [0.4, 0.5) is 0 Å². The zero-order valence-electron chi connectivity index (χ0n) is 20.9. The van der Waals surface area contributed by atoms with Crippen LogP contribution in [-0.2, 0) is 25.5 Å². The van der Waals surface area contributed by atoms with Gasteiger partial charge in [0.15, 0.2) is 0 Å². The number of likely N-dealkylation sites (N-methyl/N-ethyl adjacent to an activating group) is 1. The van der Waals surface area contributed by atoms with Crippen molar-refractivity contribution in [3.05, 3.63) is 35.9 Å². The van der Waals surface area contributed by atoms with Gasteiger partial charge in [-0.25, -0.2) is 0 Å². The van der Waals surface area contributed by atoms with Gasteiger partial charge in [0, 0.05) is 44.6 Å². The van der Waals surface area contributed by atoms with Gasteiger partial charge in [0.05, 0.1) is 13.0 Å². The summed E-state index contributed by atoms with van der Waals surface area (Å²) in [7, 11) is 0. The molecule has 0 spiro atoms. The number of ether oxygens (including phenoxy) is 1. The van der Waals surface area contributed by atoms with Crippen molar-refractivity contribution in [1.29, 1.82) is 0 Å². The first kappa shape index (κ1) is 26.2. The SMILES string of the molecule is CCOC(=O)CCN(CC1CCCN1CC)C(=O)C1CCN(C(=O)CCc2ccccc2)CC1. The molecule has 0 aliphatic carbocycles. The Bertz CT molecular complexity index is 792. The Morgan fingerprint density at radius 1 is 1.00 bits per heavy atom. The number of amides is 2. The number of hydrogen-bond donors (Lipinski definition) is 0. The lowest BCUT2D eigenvalue weighted by molar-refractivity contribution is -0.146. The first-order valence-electron chi connectivity index (χ1n) is 13.0. The predicted octanol–water partition coefficient (Wildman–Crippen LogP) is 3.12. The molecule has 188 valence electrons. The average molecular weight is 472 g/mol. The predicted molar refractivity (Wildman–Crippen MR) is 132 cm³/mol. The van der Waals surface area contributed by atoms with E-state index in [4.69, 9.17) is 4.74 Å². The van der Waals surface area contributed by atoms with Gasteiger partial charge in [-0.15, -0.1) is 0 Å². The van der Waals surface area contributed by atoms with Crippen molar-refractivity contribution in [3.63, 3.8) is 0 Å². The molecule has 7 heteroatoms.